The molecular formula is C28H41F3N8O3. The van der Waals surface area contributed by atoms with Gasteiger partial charge in [0.15, 0.2) is 0 Å². The van der Waals surface area contributed by atoms with E-state index in [1.165, 1.54) is 5.69 Å². The third-order valence-electron chi connectivity index (χ3n) is 8.48. The lowest BCUT2D eigenvalue weighted by Gasteiger charge is -2.54. The zero-order valence-electron chi connectivity index (χ0n) is 24.9. The molecule has 0 aromatic carbocycles. The lowest BCUT2D eigenvalue weighted by Crippen LogP contribution is -2.70. The van der Waals surface area contributed by atoms with E-state index in [9.17, 15) is 23.1 Å². The third kappa shape index (κ3) is 6.29. The van der Waals surface area contributed by atoms with Crippen LogP contribution in [-0.4, -0.2) is 111 Å². The normalized spacial score (nSPS) is 22.8. The average molecular weight is 595 g/mol. The number of rotatable bonds is 5. The molecule has 14 heteroatoms. The van der Waals surface area contributed by atoms with E-state index in [4.69, 9.17) is 4.74 Å². The Morgan fingerprint density at radius 1 is 1.05 bits per heavy atom. The van der Waals surface area contributed by atoms with Crippen LogP contribution in [0.1, 0.15) is 56.6 Å². The van der Waals surface area contributed by atoms with Crippen molar-refractivity contribution in [3.8, 4) is 0 Å². The maximum Gasteiger partial charge on any atom is 0.451 e. The Labute approximate surface area is 244 Å². The summed E-state index contributed by atoms with van der Waals surface area (Å²) in [4.78, 5) is 27.7. The van der Waals surface area contributed by atoms with E-state index in [1.54, 1.807) is 15.9 Å². The van der Waals surface area contributed by atoms with Crippen LogP contribution < -0.4 is 9.80 Å². The van der Waals surface area contributed by atoms with E-state index < -0.39 is 23.6 Å². The summed E-state index contributed by atoms with van der Waals surface area (Å²) in [7, 11) is 1.92. The van der Waals surface area contributed by atoms with Crippen molar-refractivity contribution in [2.24, 2.45) is 7.05 Å². The highest BCUT2D eigenvalue weighted by Gasteiger charge is 2.45. The van der Waals surface area contributed by atoms with E-state index in [0.717, 1.165) is 18.4 Å². The van der Waals surface area contributed by atoms with Crippen molar-refractivity contribution in [1.82, 2.24) is 29.5 Å². The number of anilines is 2. The Kier molecular flexibility index (Phi) is 8.31. The smallest absolute Gasteiger partial charge is 0.444 e. The van der Waals surface area contributed by atoms with Gasteiger partial charge in [-0.05, 0) is 46.1 Å². The fraction of sp³-hybridized carbons (Fsp3) is 0.714. The van der Waals surface area contributed by atoms with Crippen LogP contribution in [0.4, 0.5) is 29.6 Å². The number of alkyl halides is 3. The zero-order chi connectivity index (χ0) is 30.4. The van der Waals surface area contributed by atoms with Crippen LogP contribution >= 0.6 is 0 Å². The first-order valence-electron chi connectivity index (χ1n) is 14.5. The molecule has 3 fully saturated rings. The molecule has 11 nitrogen and oxygen atoms in total. The summed E-state index contributed by atoms with van der Waals surface area (Å²) >= 11 is 0. The van der Waals surface area contributed by atoms with Crippen LogP contribution in [-0.2, 0) is 18.0 Å². The molecule has 5 heterocycles. The number of piperazine rings is 1. The minimum atomic E-state index is -4.70. The van der Waals surface area contributed by atoms with Gasteiger partial charge in [-0.25, -0.2) is 14.8 Å². The van der Waals surface area contributed by atoms with Crippen molar-refractivity contribution in [2.45, 2.75) is 70.3 Å². The second-order valence-electron chi connectivity index (χ2n) is 12.5. The topological polar surface area (TPSA) is 103 Å². The maximum atomic E-state index is 13.9. The number of piperidine rings is 1. The van der Waals surface area contributed by atoms with Gasteiger partial charge in [0.05, 0.1) is 18.8 Å². The largest absolute Gasteiger partial charge is 0.451 e. The standard InChI is InChI=1S/C28H41F3N8O3/c1-18-15-32-35(5)24(18)19-6-8-37(9-7-19)22-14-23(34-25(33-22)28(29,30)31)39-16-20(21(39)17-40)36-10-12-38(13-11-36)26(41)42-27(2,3)4/h14-15,19-21,40H,6-13,16-17H2,1-5H3. The van der Waals surface area contributed by atoms with E-state index in [1.807, 2.05) is 50.5 Å². The molecule has 2 aromatic rings. The van der Waals surface area contributed by atoms with Crippen molar-refractivity contribution in [1.29, 1.82) is 0 Å². The average Bonchev–Trinajstić information content (AvgIpc) is 3.25. The number of aromatic nitrogens is 4. The molecule has 0 aliphatic carbocycles. The highest BCUT2D eigenvalue weighted by atomic mass is 19.4. The maximum absolute atomic E-state index is 13.9. The summed E-state index contributed by atoms with van der Waals surface area (Å²) in [6, 6.07) is 1.13. The number of aryl methyl sites for hydroxylation is 2. The number of hydrogen-bond donors (Lipinski definition) is 1. The first kappa shape index (κ1) is 30.3. The van der Waals surface area contributed by atoms with E-state index in [0.29, 0.717) is 45.8 Å². The predicted molar refractivity (Wildman–Crippen MR) is 151 cm³/mol. The summed E-state index contributed by atoms with van der Waals surface area (Å²) < 4.78 is 49.1. The lowest BCUT2D eigenvalue weighted by atomic mass is 9.91. The Bertz CT molecular complexity index is 1240. The molecule has 0 spiro atoms. The quantitative estimate of drug-likeness (QED) is 0.560. The molecular weight excluding hydrogens is 553 g/mol. The molecule has 232 valence electrons. The Morgan fingerprint density at radius 3 is 2.24 bits per heavy atom. The van der Waals surface area contributed by atoms with Gasteiger partial charge in [0, 0.05) is 76.6 Å². The van der Waals surface area contributed by atoms with Crippen molar-refractivity contribution < 1.29 is 27.8 Å². The number of aliphatic hydroxyl groups is 1. The van der Waals surface area contributed by atoms with Crippen LogP contribution in [0.15, 0.2) is 12.3 Å². The molecule has 1 amide bonds. The fourth-order valence-electron chi connectivity index (χ4n) is 6.32. The number of aliphatic hydroxyl groups excluding tert-OH is 1. The molecule has 2 atom stereocenters. The third-order valence-corrected chi connectivity index (χ3v) is 8.48. The van der Waals surface area contributed by atoms with Crippen molar-refractivity contribution in [2.75, 3.05) is 62.2 Å². The van der Waals surface area contributed by atoms with Gasteiger partial charge >= 0.3 is 12.3 Å². The summed E-state index contributed by atoms with van der Waals surface area (Å²) in [5, 5.41) is 14.6. The summed E-state index contributed by atoms with van der Waals surface area (Å²) in [6.07, 6.45) is -1.66. The monoisotopic (exact) mass is 594 g/mol. The first-order chi connectivity index (χ1) is 19.7. The van der Waals surface area contributed by atoms with E-state index >= 15 is 0 Å². The van der Waals surface area contributed by atoms with Gasteiger partial charge in [0.2, 0.25) is 5.82 Å². The Balaban J connectivity index is 1.27. The number of ether oxygens (including phenoxy) is 1. The van der Waals surface area contributed by atoms with Crippen LogP contribution in [0.25, 0.3) is 0 Å². The second-order valence-corrected chi connectivity index (χ2v) is 12.5. The minimum absolute atomic E-state index is 0.0681. The molecule has 1 N–H and O–H groups in total. The number of amides is 1. The van der Waals surface area contributed by atoms with Crippen LogP contribution in [0.5, 0.6) is 0 Å². The molecule has 42 heavy (non-hydrogen) atoms. The molecule has 0 radical (unpaired) electrons. The van der Waals surface area contributed by atoms with Gasteiger partial charge in [-0.3, -0.25) is 9.58 Å². The fourth-order valence-corrected chi connectivity index (χ4v) is 6.32. The van der Waals surface area contributed by atoms with E-state index in [2.05, 4.69) is 20.0 Å². The highest BCUT2D eigenvalue weighted by Crippen LogP contribution is 2.37. The van der Waals surface area contributed by atoms with Gasteiger partial charge in [-0.2, -0.15) is 18.3 Å². The van der Waals surface area contributed by atoms with Crippen molar-refractivity contribution in [3.63, 3.8) is 0 Å². The zero-order valence-corrected chi connectivity index (χ0v) is 24.9. The summed E-state index contributed by atoms with van der Waals surface area (Å²) in [5.74, 6) is -0.480. The van der Waals surface area contributed by atoms with E-state index in [-0.39, 0.29) is 36.3 Å². The molecule has 2 aromatic heterocycles. The van der Waals surface area contributed by atoms with Crippen molar-refractivity contribution >= 4 is 17.7 Å². The predicted octanol–water partition coefficient (Wildman–Crippen LogP) is 3.02. The molecule has 3 aliphatic heterocycles. The second kappa shape index (κ2) is 11.5. The molecule has 0 bridgehead atoms. The summed E-state index contributed by atoms with van der Waals surface area (Å²) in [5.41, 5.74) is 1.71. The van der Waals surface area contributed by atoms with Gasteiger partial charge < -0.3 is 24.5 Å². The lowest BCUT2D eigenvalue weighted by molar-refractivity contribution is -0.144. The van der Waals surface area contributed by atoms with Crippen LogP contribution in [0.2, 0.25) is 0 Å². The number of hydrogen-bond acceptors (Lipinski definition) is 9. The number of carbonyl (C=O) groups is 1. The van der Waals surface area contributed by atoms with Crippen LogP contribution in [0, 0.1) is 6.92 Å². The molecule has 3 saturated heterocycles. The molecule has 3 aliphatic rings. The first-order valence-corrected chi connectivity index (χ1v) is 14.5. The molecule has 5 rings (SSSR count). The minimum Gasteiger partial charge on any atom is -0.444 e. The van der Waals surface area contributed by atoms with Gasteiger partial charge in [0.1, 0.15) is 17.2 Å². The number of carbonyl (C=O) groups excluding carboxylic acids is 1. The van der Waals surface area contributed by atoms with Gasteiger partial charge in [0.25, 0.3) is 0 Å². The number of halogens is 3. The molecule has 2 unspecified atom stereocenters. The Hall–Kier alpha value is -3.13. The van der Waals surface area contributed by atoms with Gasteiger partial charge in [-0.1, -0.05) is 0 Å². The molecule has 0 saturated carbocycles. The van der Waals surface area contributed by atoms with Crippen molar-refractivity contribution in [3.05, 3.63) is 29.3 Å². The Morgan fingerprint density at radius 2 is 1.69 bits per heavy atom. The van der Waals surface area contributed by atoms with Crippen LogP contribution in [0.3, 0.4) is 0 Å². The highest BCUT2D eigenvalue weighted by molar-refractivity contribution is 5.68. The summed E-state index contributed by atoms with van der Waals surface area (Å²) in [6.45, 7) is 11.0. The number of nitrogens with zero attached hydrogens (tertiary/aromatic N) is 8. The van der Waals surface area contributed by atoms with Gasteiger partial charge in [-0.15, -0.1) is 0 Å². The SMILES string of the molecule is Cc1cnn(C)c1C1CCN(c2cc(N3CC(N4CCN(C(=O)OC(C)(C)C)CC4)C3CO)nc(C(F)(F)F)n2)CC1.